The van der Waals surface area contributed by atoms with Crippen molar-refractivity contribution in [3.8, 4) is 0 Å². The molecule has 2 N–H and O–H groups in total. The second-order valence-electron chi connectivity index (χ2n) is 8.40. The van der Waals surface area contributed by atoms with Gasteiger partial charge in [0.05, 0.1) is 33.5 Å². The van der Waals surface area contributed by atoms with Crippen LogP contribution in [0.1, 0.15) is 26.7 Å². The Morgan fingerprint density at radius 2 is 0.837 bits per heavy atom. The lowest BCUT2D eigenvalue weighted by Gasteiger charge is -2.37. The Bertz CT molecular complexity index is 1150. The highest BCUT2D eigenvalue weighted by Gasteiger charge is 2.86. The van der Waals surface area contributed by atoms with Gasteiger partial charge in [0, 0.05) is 0 Å². The molecule has 0 fully saturated rings. The Balaban J connectivity index is 7.96. The number of rotatable bonds is 19. The molecular formula is C11H14FN9O22. The van der Waals surface area contributed by atoms with Gasteiger partial charge in [0.25, 0.3) is 12.2 Å². The van der Waals surface area contributed by atoms with E-state index in [4.69, 9.17) is 0 Å². The molecule has 0 aliphatic heterocycles. The third-order valence-corrected chi connectivity index (χ3v) is 5.54. The molecule has 0 amide bonds. The van der Waals surface area contributed by atoms with Crippen LogP contribution in [0.2, 0.25) is 0 Å². The summed E-state index contributed by atoms with van der Waals surface area (Å²) in [7, 11) is 0. The molecule has 32 heteroatoms. The number of halogens is 1. The summed E-state index contributed by atoms with van der Waals surface area (Å²) in [6.07, 6.45) is -11.3. The van der Waals surface area contributed by atoms with Crippen LogP contribution in [0.5, 0.6) is 0 Å². The van der Waals surface area contributed by atoms with Crippen LogP contribution < -0.4 is 0 Å². The molecule has 0 aliphatic rings. The van der Waals surface area contributed by atoms with E-state index in [9.17, 15) is 101 Å². The van der Waals surface area contributed by atoms with Crippen molar-refractivity contribution in [1.82, 2.24) is 0 Å². The summed E-state index contributed by atoms with van der Waals surface area (Å²) in [5.41, 5.74) is -13.8. The number of aliphatic hydroxyl groups is 2. The quantitative estimate of drug-likeness (QED) is 0.0627. The van der Waals surface area contributed by atoms with Gasteiger partial charge in [-0.15, -0.1) is 0 Å². The molecule has 0 aromatic rings. The second-order valence-corrected chi connectivity index (χ2v) is 8.40. The van der Waals surface area contributed by atoms with Crippen LogP contribution >= 0.6 is 0 Å². The van der Waals surface area contributed by atoms with Crippen molar-refractivity contribution >= 4 is 0 Å². The maximum atomic E-state index is 15.8. The van der Waals surface area contributed by atoms with Gasteiger partial charge >= 0.3 is 29.2 Å². The molecule has 0 saturated heterocycles. The summed E-state index contributed by atoms with van der Waals surface area (Å²) in [5.74, 6) is -10.9. The minimum atomic E-state index is -6.07. The van der Waals surface area contributed by atoms with Gasteiger partial charge in [-0.25, -0.2) is 0 Å². The Kier molecular flexibility index (Phi) is 10.2. The Morgan fingerprint density at radius 3 is 1.05 bits per heavy atom. The van der Waals surface area contributed by atoms with E-state index in [0.29, 0.717) is 0 Å². The lowest BCUT2D eigenvalue weighted by molar-refractivity contribution is -0.972. The molecule has 0 radical (unpaired) electrons. The van der Waals surface area contributed by atoms with Gasteiger partial charge in [-0.1, -0.05) is 4.39 Å². The number of ether oxygens (including phenoxy) is 2. The highest BCUT2D eigenvalue weighted by Crippen LogP contribution is 2.47. The Morgan fingerprint density at radius 1 is 0.558 bits per heavy atom. The fraction of sp³-hybridized carbons (Fsp3) is 1.00. The smallest absolute Gasteiger partial charge is 0.319 e. The third kappa shape index (κ3) is 6.33. The van der Waals surface area contributed by atoms with E-state index in [-0.39, 0.29) is 13.8 Å². The summed E-state index contributed by atoms with van der Waals surface area (Å²) in [4.78, 5) is 80.9. The van der Waals surface area contributed by atoms with Crippen LogP contribution in [-0.2, 0) is 9.47 Å². The van der Waals surface area contributed by atoms with E-state index in [1.54, 1.807) is 0 Å². The summed E-state index contributed by atoms with van der Waals surface area (Å²) in [6.45, 7) is -3.37. The van der Waals surface area contributed by atoms with E-state index in [1.807, 2.05) is 0 Å². The predicted octanol–water partition coefficient (Wildman–Crippen LogP) is -2.67. The fourth-order valence-corrected chi connectivity index (χ4v) is 3.13. The van der Waals surface area contributed by atoms with Crippen molar-refractivity contribution in [1.29, 1.82) is 0 Å². The molecule has 43 heavy (non-hydrogen) atoms. The SMILES string of the molecule is CC(CC(CC(C)([N+](=O)[O-])[N+](=O)[O-])(OC(O)(O)OCC([N+](=O)[O-])([N+](=O)[O-])[N+](=O)[O-])C(F)([N+](=O)[O-])[N+](=O)[O-])([N+](=O)[O-])[N+](=O)[O-]. The van der Waals surface area contributed by atoms with Crippen LogP contribution in [0.15, 0.2) is 0 Å². The molecule has 0 unspecified atom stereocenters. The van der Waals surface area contributed by atoms with Gasteiger partial charge in [0.1, 0.15) is 22.7 Å². The lowest BCUT2D eigenvalue weighted by Crippen LogP contribution is -2.71. The maximum absolute atomic E-state index is 15.8. The molecule has 0 aliphatic carbocycles. The van der Waals surface area contributed by atoms with Crippen LogP contribution in [-0.4, -0.2) is 95.9 Å². The first-order valence-electron chi connectivity index (χ1n) is 9.85. The van der Waals surface area contributed by atoms with Crippen LogP contribution in [0.4, 0.5) is 4.39 Å². The Labute approximate surface area is 228 Å². The molecule has 0 atom stereocenters. The second kappa shape index (κ2) is 11.7. The van der Waals surface area contributed by atoms with E-state index in [0.717, 1.165) is 0 Å². The zero-order valence-corrected chi connectivity index (χ0v) is 20.6. The maximum Gasteiger partial charge on any atom is 0.723 e. The molecule has 0 spiro atoms. The molecule has 0 heterocycles. The summed E-state index contributed by atoms with van der Waals surface area (Å²) in [6, 6.07) is 0. The van der Waals surface area contributed by atoms with Crippen molar-refractivity contribution in [2.45, 2.75) is 61.5 Å². The highest BCUT2D eigenvalue weighted by molar-refractivity contribution is 4.96. The van der Waals surface area contributed by atoms with Gasteiger partial charge in [0.15, 0.2) is 14.8 Å². The van der Waals surface area contributed by atoms with Crippen LogP contribution in [0.25, 0.3) is 0 Å². The van der Waals surface area contributed by atoms with Crippen molar-refractivity contribution < 1.29 is 68.4 Å². The van der Waals surface area contributed by atoms with Crippen LogP contribution in [0.3, 0.4) is 0 Å². The van der Waals surface area contributed by atoms with Gasteiger partial charge in [-0.3, -0.25) is 101 Å². The number of alkyl halides is 1. The number of hydrogen-bond acceptors (Lipinski definition) is 22. The topological polar surface area (TPSA) is 447 Å². The molecule has 0 saturated carbocycles. The monoisotopic (exact) mass is 643 g/mol. The third-order valence-electron chi connectivity index (χ3n) is 5.54. The summed E-state index contributed by atoms with van der Waals surface area (Å²) < 4.78 is 23.4. The van der Waals surface area contributed by atoms with E-state index >= 15 is 4.39 Å². The largest absolute Gasteiger partial charge is 0.723 e. The molecule has 242 valence electrons. The highest BCUT2D eigenvalue weighted by atomic mass is 19.2. The molecule has 31 nitrogen and oxygen atoms in total. The molecule has 0 rings (SSSR count). The number of nitrogens with zero attached hydrogens (tertiary/aromatic N) is 9. The van der Waals surface area contributed by atoms with E-state index in [2.05, 4.69) is 9.47 Å². The average Bonchev–Trinajstić information content (AvgIpc) is 2.81. The number of nitro groups is 9. The van der Waals surface area contributed by atoms with Crippen molar-refractivity contribution in [3.05, 3.63) is 91.0 Å². The van der Waals surface area contributed by atoms with Crippen molar-refractivity contribution in [2.75, 3.05) is 6.61 Å². The van der Waals surface area contributed by atoms with Gasteiger partial charge in [-0.2, -0.15) is 0 Å². The summed E-state index contributed by atoms with van der Waals surface area (Å²) >= 11 is 0. The lowest BCUT2D eigenvalue weighted by atomic mass is 9.80. The van der Waals surface area contributed by atoms with Gasteiger partial charge < -0.3 is 10.2 Å². The van der Waals surface area contributed by atoms with Crippen LogP contribution in [0, 0.1) is 91.0 Å². The molecular weight excluding hydrogens is 629 g/mol. The molecule has 0 aromatic heterocycles. The first-order valence-corrected chi connectivity index (χ1v) is 9.85. The first kappa shape index (κ1) is 37.4. The van der Waals surface area contributed by atoms with Crippen molar-refractivity contribution in [2.24, 2.45) is 0 Å². The zero-order chi connectivity index (χ0) is 34.7. The predicted molar refractivity (Wildman–Crippen MR) is 113 cm³/mol. The van der Waals surface area contributed by atoms with E-state index < -0.39 is 98.5 Å². The number of hydrogen-bond donors (Lipinski definition) is 2. The van der Waals surface area contributed by atoms with Crippen molar-refractivity contribution in [3.63, 3.8) is 0 Å². The zero-order valence-electron chi connectivity index (χ0n) is 20.6. The van der Waals surface area contributed by atoms with Gasteiger partial charge in [0.2, 0.25) is 0 Å². The van der Waals surface area contributed by atoms with Gasteiger partial charge in [-0.05, 0) is 0 Å². The fourth-order valence-electron chi connectivity index (χ4n) is 3.13. The van der Waals surface area contributed by atoms with E-state index in [1.165, 1.54) is 0 Å². The minimum Gasteiger partial charge on any atom is -0.319 e. The molecule has 0 bridgehead atoms. The standard InChI is InChI=1S/C11H14FN9O22/c1-6(13(24)25,14(26)27)3-8(10(12,20(38)39)21(40)41,4-7(2,15(28)29)16(30)31)43-11(22,23)42-5-9(17(32)33,18(34)35)19(36)37/h22-23H,3-5H2,1-2H3. The summed E-state index contributed by atoms with van der Waals surface area (Å²) in [5, 5.41) is 122. The molecule has 0 aromatic carbocycles. The normalized spacial score (nSPS) is 13.0. The average molecular weight is 643 g/mol. The minimum absolute atomic E-state index is 0.240. The first-order chi connectivity index (χ1) is 19.1. The Hall–Kier alpha value is -5.63.